The van der Waals surface area contributed by atoms with Gasteiger partial charge in [0, 0.05) is 47.8 Å². The van der Waals surface area contributed by atoms with E-state index >= 15 is 0 Å². The van der Waals surface area contributed by atoms with Crippen LogP contribution in [0.4, 0.5) is 13.2 Å². The predicted molar refractivity (Wildman–Crippen MR) is 275 cm³/mol. The van der Waals surface area contributed by atoms with Gasteiger partial charge < -0.3 is 69.7 Å². The van der Waals surface area contributed by atoms with Crippen LogP contribution < -0.4 is 16.4 Å². The highest BCUT2D eigenvalue weighted by Gasteiger charge is 2.44. The summed E-state index contributed by atoms with van der Waals surface area (Å²) in [6, 6.07) is 5.01. The molecular weight excluding hydrogens is 1010 g/mol. The second-order valence-corrected chi connectivity index (χ2v) is 19.4. The van der Waals surface area contributed by atoms with Crippen LogP contribution in [0.5, 0.6) is 0 Å². The van der Waals surface area contributed by atoms with Gasteiger partial charge in [0.05, 0.1) is 95.9 Å². The van der Waals surface area contributed by atoms with Crippen LogP contribution in [-0.2, 0) is 68.4 Å². The largest absolute Gasteiger partial charge is 0.490 e. The number of carbonyl (C=O) groups excluding carboxylic acids is 5. The van der Waals surface area contributed by atoms with Crippen molar-refractivity contribution in [2.45, 2.75) is 136 Å². The molecule has 6 N–H and O–H groups in total. The maximum absolute atomic E-state index is 14.6. The number of hydrogen-bond donors (Lipinski definition) is 5. The molecule has 0 unspecified atom stereocenters. The fourth-order valence-electron chi connectivity index (χ4n) is 8.89. The van der Waals surface area contributed by atoms with E-state index in [2.05, 4.69) is 10.6 Å². The lowest BCUT2D eigenvalue weighted by atomic mass is 9.89. The van der Waals surface area contributed by atoms with Crippen molar-refractivity contribution in [2.75, 3.05) is 94.3 Å². The number of methoxy groups -OCH3 is 2. The van der Waals surface area contributed by atoms with Crippen LogP contribution in [0, 0.1) is 23.7 Å². The number of carboxylic acid groups (broad SMARTS) is 2. The van der Waals surface area contributed by atoms with Crippen molar-refractivity contribution in [3.63, 3.8) is 0 Å². The standard InChI is InChI=1S/C50H86N6O13.C2HF3O2/c1-12-35(6)45(40(64-10)32-42(58)56-22-16-19-39(56)46(65-11)36(7)47(59)52-38(50(62)63)31-37-17-14-13-15-18-37)55(9)49(61)43(33(2)3)53-48(60)44(34(4)5)54(8)41(57)20-23-66-25-27-68-29-30-69-28-26-67-24-21-51;3-2(4,5)1(6)7/h13-15,17-18,33-36,38-40,43-46H,12,16,19-32,51H2,1-11H3,(H,52,59)(H,53,60)(H,62,63);(H,6,7)/t35-,36+,38-,39-,40+,43-,44-,45-,46+;/m0./s1. The summed E-state index contributed by atoms with van der Waals surface area (Å²) in [5, 5.41) is 22.7. The Balaban J connectivity index is 0.00000383. The molecule has 0 bridgehead atoms. The molecule has 1 aromatic carbocycles. The molecule has 76 heavy (non-hydrogen) atoms. The molecule has 21 nitrogen and oxygen atoms in total. The number of likely N-dealkylation sites (tertiary alicyclic amines) is 1. The summed E-state index contributed by atoms with van der Waals surface area (Å²) in [6.07, 6.45) is -4.58. The molecule has 0 aromatic heterocycles. The third-order valence-electron chi connectivity index (χ3n) is 13.2. The van der Waals surface area contributed by atoms with E-state index in [1.807, 2.05) is 47.6 Å². The first-order valence-electron chi connectivity index (χ1n) is 25.9. The normalized spacial score (nSPS) is 16.8. The number of benzene rings is 1. The quantitative estimate of drug-likeness (QED) is 0.0610. The first-order chi connectivity index (χ1) is 35.8. The molecule has 0 aliphatic carbocycles. The van der Waals surface area contributed by atoms with Crippen LogP contribution in [0.3, 0.4) is 0 Å². The second-order valence-electron chi connectivity index (χ2n) is 19.4. The number of carbonyl (C=O) groups is 7. The van der Waals surface area contributed by atoms with Gasteiger partial charge >= 0.3 is 18.1 Å². The van der Waals surface area contributed by atoms with Crippen molar-refractivity contribution in [2.24, 2.45) is 29.4 Å². The lowest BCUT2D eigenvalue weighted by Gasteiger charge is -2.41. The first-order valence-corrected chi connectivity index (χ1v) is 25.9. The number of nitrogens with two attached hydrogens (primary N) is 1. The highest BCUT2D eigenvalue weighted by molar-refractivity contribution is 5.92. The van der Waals surface area contributed by atoms with E-state index in [4.69, 9.17) is 44.1 Å². The van der Waals surface area contributed by atoms with Gasteiger partial charge in [0.1, 0.15) is 18.1 Å². The number of aliphatic carboxylic acids is 2. The third kappa shape index (κ3) is 23.7. The molecular formula is C52H87F3N6O15. The molecule has 1 aromatic rings. The highest BCUT2D eigenvalue weighted by Crippen LogP contribution is 2.30. The Morgan fingerprint density at radius 2 is 1.32 bits per heavy atom. The molecule has 5 amide bonds. The number of ether oxygens (including phenoxy) is 6. The third-order valence-corrected chi connectivity index (χ3v) is 13.2. The zero-order valence-electron chi connectivity index (χ0n) is 46.3. The maximum atomic E-state index is 14.6. The second kappa shape index (κ2) is 36.2. The smallest absolute Gasteiger partial charge is 0.480 e. The number of carboxylic acids is 2. The van der Waals surface area contributed by atoms with Crippen LogP contribution in [0.15, 0.2) is 30.3 Å². The number of amides is 5. The number of alkyl halides is 3. The molecule has 1 aliphatic rings. The average molecular weight is 1090 g/mol. The van der Waals surface area contributed by atoms with E-state index in [1.54, 1.807) is 55.1 Å². The summed E-state index contributed by atoms with van der Waals surface area (Å²) < 4.78 is 65.5. The van der Waals surface area contributed by atoms with Crippen LogP contribution in [0.1, 0.15) is 86.1 Å². The van der Waals surface area contributed by atoms with Gasteiger partial charge in [0.2, 0.25) is 29.5 Å². The van der Waals surface area contributed by atoms with Crippen molar-refractivity contribution >= 4 is 41.5 Å². The van der Waals surface area contributed by atoms with Gasteiger partial charge in [-0.2, -0.15) is 13.2 Å². The summed E-state index contributed by atoms with van der Waals surface area (Å²) in [5.41, 5.74) is 6.15. The van der Waals surface area contributed by atoms with Gasteiger partial charge in [-0.15, -0.1) is 0 Å². The van der Waals surface area contributed by atoms with E-state index in [0.29, 0.717) is 72.0 Å². The zero-order valence-corrected chi connectivity index (χ0v) is 46.3. The van der Waals surface area contributed by atoms with Crippen molar-refractivity contribution in [1.82, 2.24) is 25.3 Å². The van der Waals surface area contributed by atoms with E-state index in [9.17, 15) is 47.0 Å². The van der Waals surface area contributed by atoms with E-state index in [1.165, 1.54) is 19.1 Å². The minimum atomic E-state index is -5.08. The summed E-state index contributed by atoms with van der Waals surface area (Å²) in [6.45, 7) is 16.9. The molecule has 2 rings (SSSR count). The van der Waals surface area contributed by atoms with Gasteiger partial charge in [-0.25, -0.2) is 9.59 Å². The van der Waals surface area contributed by atoms with Gasteiger partial charge in [0.15, 0.2) is 0 Å². The van der Waals surface area contributed by atoms with Crippen LogP contribution in [0.2, 0.25) is 0 Å². The summed E-state index contributed by atoms with van der Waals surface area (Å²) in [4.78, 5) is 95.7. The Bertz CT molecular complexity index is 1900. The molecule has 1 fully saturated rings. The van der Waals surface area contributed by atoms with Crippen molar-refractivity contribution in [1.29, 1.82) is 0 Å². The number of halogens is 3. The van der Waals surface area contributed by atoms with Gasteiger partial charge in [-0.1, -0.05) is 85.2 Å². The number of nitrogens with one attached hydrogen (secondary N) is 2. The van der Waals surface area contributed by atoms with E-state index < -0.39 is 78.3 Å². The topological polar surface area (TPSA) is 275 Å². The Labute approximate surface area is 446 Å². The summed E-state index contributed by atoms with van der Waals surface area (Å²) in [5.74, 6) is -7.31. The molecule has 0 saturated carbocycles. The molecule has 0 radical (unpaired) electrons. The summed E-state index contributed by atoms with van der Waals surface area (Å²) in [7, 11) is 6.22. The van der Waals surface area contributed by atoms with Crippen LogP contribution >= 0.6 is 0 Å². The molecule has 436 valence electrons. The minimum Gasteiger partial charge on any atom is -0.480 e. The van der Waals surface area contributed by atoms with Gasteiger partial charge in [-0.05, 0) is 36.2 Å². The number of hydrogen-bond acceptors (Lipinski definition) is 14. The molecule has 1 aliphatic heterocycles. The minimum absolute atomic E-state index is 0.0446. The highest BCUT2D eigenvalue weighted by atomic mass is 19.4. The molecule has 24 heteroatoms. The lowest BCUT2D eigenvalue weighted by Crippen LogP contribution is -2.60. The zero-order chi connectivity index (χ0) is 57.7. The Hall–Kier alpha value is -4.98. The molecule has 1 heterocycles. The molecule has 1 saturated heterocycles. The fraction of sp³-hybridized carbons (Fsp3) is 0.750. The SMILES string of the molecule is CC[C@H](C)[C@@H]([C@@H](CC(=O)N1CCC[C@H]1[C@H](OC)[C@@H](C)C(=O)N[C@@H](Cc1ccccc1)C(=O)O)OC)N(C)C(=O)[C@@H](NC(=O)[C@H](C(C)C)N(C)C(=O)CCOCCOCCOCCOCCN)C(C)C.O=C(O)C(F)(F)F. The van der Waals surface area contributed by atoms with Crippen LogP contribution in [0.25, 0.3) is 0 Å². The summed E-state index contributed by atoms with van der Waals surface area (Å²) >= 11 is 0. The maximum Gasteiger partial charge on any atom is 0.490 e. The number of rotatable bonds is 35. The van der Waals surface area contributed by atoms with Gasteiger partial charge in [-0.3, -0.25) is 24.0 Å². The Morgan fingerprint density at radius 3 is 1.78 bits per heavy atom. The van der Waals surface area contributed by atoms with E-state index in [0.717, 1.165) is 5.56 Å². The average Bonchev–Trinajstić information content (AvgIpc) is 3.86. The number of likely N-dealkylation sites (N-methyl/N-ethyl adjacent to an activating group) is 2. The Kier molecular flexibility index (Phi) is 32.9. The van der Waals surface area contributed by atoms with Crippen LogP contribution in [-0.4, -0.2) is 209 Å². The molecule has 9 atom stereocenters. The first kappa shape index (κ1) is 69.0. The molecule has 0 spiro atoms. The van der Waals surface area contributed by atoms with Gasteiger partial charge in [0.25, 0.3) is 0 Å². The van der Waals surface area contributed by atoms with Crippen molar-refractivity contribution in [3.05, 3.63) is 35.9 Å². The van der Waals surface area contributed by atoms with Crippen molar-refractivity contribution < 1.29 is 85.4 Å². The van der Waals surface area contributed by atoms with E-state index in [-0.39, 0.29) is 68.0 Å². The number of nitrogens with zero attached hydrogens (tertiary/aromatic N) is 3. The fourth-order valence-corrected chi connectivity index (χ4v) is 8.89. The lowest BCUT2D eigenvalue weighted by molar-refractivity contribution is -0.192. The monoisotopic (exact) mass is 1090 g/mol. The Morgan fingerprint density at radius 1 is 0.776 bits per heavy atom. The predicted octanol–water partition coefficient (Wildman–Crippen LogP) is 3.39. The van der Waals surface area contributed by atoms with Crippen molar-refractivity contribution in [3.8, 4) is 0 Å².